The number of aryl methyl sites for hydroxylation is 1. The van der Waals surface area contributed by atoms with Gasteiger partial charge in [0, 0.05) is 38.0 Å². The zero-order chi connectivity index (χ0) is 23.1. The number of benzene rings is 5. The van der Waals surface area contributed by atoms with Crippen LogP contribution >= 0.6 is 0 Å². The van der Waals surface area contributed by atoms with Crippen LogP contribution in [0, 0.1) is 0 Å². The number of hydrogen-bond donors (Lipinski definition) is 1. The molecule has 0 aliphatic heterocycles. The molecule has 2 heteroatoms. The predicted molar refractivity (Wildman–Crippen MR) is 150 cm³/mol. The molecule has 0 radical (unpaired) electrons. The smallest absolute Gasteiger partial charge is 0.0642 e. The Morgan fingerprint density at radius 1 is 0.657 bits per heavy atom. The van der Waals surface area contributed by atoms with Gasteiger partial charge >= 0.3 is 0 Å². The van der Waals surface area contributed by atoms with E-state index in [4.69, 9.17) is 0 Å². The second-order valence-corrected chi connectivity index (χ2v) is 9.75. The van der Waals surface area contributed by atoms with E-state index < -0.39 is 0 Å². The van der Waals surface area contributed by atoms with Crippen LogP contribution in [0.3, 0.4) is 0 Å². The maximum Gasteiger partial charge on any atom is 0.0642 e. The van der Waals surface area contributed by atoms with E-state index in [9.17, 15) is 0 Å². The van der Waals surface area contributed by atoms with Gasteiger partial charge in [-0.05, 0) is 47.2 Å². The van der Waals surface area contributed by atoms with Crippen molar-refractivity contribution in [1.82, 2.24) is 9.38 Å². The first kappa shape index (κ1) is 19.1. The maximum absolute atomic E-state index is 3.90. The molecule has 0 saturated heterocycles. The summed E-state index contributed by atoms with van der Waals surface area (Å²) in [6.45, 7) is 2.26. The van der Waals surface area contributed by atoms with Gasteiger partial charge in [-0.15, -0.1) is 0 Å². The lowest BCUT2D eigenvalue weighted by Crippen LogP contribution is -1.87. The van der Waals surface area contributed by atoms with Crippen molar-refractivity contribution in [2.75, 3.05) is 0 Å². The van der Waals surface area contributed by atoms with E-state index in [1.54, 1.807) is 0 Å². The highest BCUT2D eigenvalue weighted by molar-refractivity contribution is 6.34. The van der Waals surface area contributed by atoms with Crippen LogP contribution in [0.1, 0.15) is 18.9 Å². The van der Waals surface area contributed by atoms with Crippen LogP contribution in [0.2, 0.25) is 0 Å². The Morgan fingerprint density at radius 2 is 1.34 bits per heavy atom. The largest absolute Gasteiger partial charge is 0.354 e. The quantitative estimate of drug-likeness (QED) is 0.278. The van der Waals surface area contributed by atoms with Gasteiger partial charge in [0.1, 0.15) is 0 Å². The van der Waals surface area contributed by atoms with Crippen LogP contribution in [-0.4, -0.2) is 9.38 Å². The number of aromatic nitrogens is 2. The zero-order valence-corrected chi connectivity index (χ0v) is 19.6. The molecule has 0 fully saturated rings. The average Bonchev–Trinajstić information content (AvgIpc) is 3.40. The monoisotopic (exact) mass is 448 g/mol. The first-order chi connectivity index (χ1) is 17.3. The van der Waals surface area contributed by atoms with E-state index in [-0.39, 0.29) is 0 Å². The normalized spacial score (nSPS) is 12.4. The van der Waals surface area contributed by atoms with Crippen LogP contribution in [0.4, 0.5) is 0 Å². The molecule has 0 bridgehead atoms. The number of nitrogens with zero attached hydrogens (tertiary/aromatic N) is 1. The summed E-state index contributed by atoms with van der Waals surface area (Å²) in [6, 6.07) is 35.8. The van der Waals surface area contributed by atoms with Crippen molar-refractivity contribution in [3.63, 3.8) is 0 Å². The lowest BCUT2D eigenvalue weighted by molar-refractivity contribution is 0.924. The highest BCUT2D eigenvalue weighted by Gasteiger charge is 2.23. The summed E-state index contributed by atoms with van der Waals surface area (Å²) in [5.41, 5.74) is 10.2. The van der Waals surface area contributed by atoms with Gasteiger partial charge in [0.05, 0.1) is 22.1 Å². The van der Waals surface area contributed by atoms with Gasteiger partial charge in [-0.25, -0.2) is 0 Å². The Labute approximate surface area is 202 Å². The van der Waals surface area contributed by atoms with Crippen molar-refractivity contribution in [3.05, 3.63) is 103 Å². The molecule has 3 heterocycles. The van der Waals surface area contributed by atoms with Crippen LogP contribution in [0.25, 0.3) is 71.0 Å². The minimum atomic E-state index is 1.08. The third-order valence-electron chi connectivity index (χ3n) is 7.73. The molecule has 0 aliphatic carbocycles. The number of aromatic amines is 1. The third kappa shape index (κ3) is 2.44. The molecule has 3 aromatic heterocycles. The third-order valence-corrected chi connectivity index (χ3v) is 7.73. The summed E-state index contributed by atoms with van der Waals surface area (Å²) in [6.07, 6.45) is 2.22. The van der Waals surface area contributed by atoms with Crippen molar-refractivity contribution < 1.29 is 0 Å². The minimum Gasteiger partial charge on any atom is -0.354 e. The van der Waals surface area contributed by atoms with Gasteiger partial charge in [0.2, 0.25) is 0 Å². The second kappa shape index (κ2) is 6.86. The average molecular weight is 449 g/mol. The fraction of sp³-hybridized carbons (Fsp3) is 0.0909. The molecule has 0 aliphatic rings. The molecule has 0 saturated carbocycles. The molecular formula is C33H24N2. The van der Waals surface area contributed by atoms with Crippen LogP contribution < -0.4 is 0 Å². The summed E-state index contributed by atoms with van der Waals surface area (Å²) in [4.78, 5) is 3.90. The van der Waals surface area contributed by atoms with Gasteiger partial charge in [-0.1, -0.05) is 86.1 Å². The minimum absolute atomic E-state index is 1.08. The van der Waals surface area contributed by atoms with Crippen molar-refractivity contribution in [3.8, 4) is 11.1 Å². The summed E-state index contributed by atoms with van der Waals surface area (Å²) in [7, 11) is 0. The molecule has 1 N–H and O–H groups in total. The van der Waals surface area contributed by atoms with Crippen molar-refractivity contribution in [2.24, 2.45) is 0 Å². The molecule has 5 aromatic carbocycles. The van der Waals surface area contributed by atoms with E-state index in [0.717, 1.165) is 12.8 Å². The van der Waals surface area contributed by atoms with Crippen LogP contribution in [0.15, 0.2) is 97.1 Å². The zero-order valence-electron chi connectivity index (χ0n) is 19.6. The van der Waals surface area contributed by atoms with Crippen LogP contribution in [-0.2, 0) is 6.42 Å². The molecule has 0 spiro atoms. The van der Waals surface area contributed by atoms with Gasteiger partial charge in [-0.3, -0.25) is 0 Å². The molecule has 2 nitrogen and oxygen atoms in total. The first-order valence-electron chi connectivity index (χ1n) is 12.5. The molecule has 0 unspecified atom stereocenters. The molecule has 166 valence electrons. The molecule has 8 rings (SSSR count). The Morgan fingerprint density at radius 3 is 2.09 bits per heavy atom. The fourth-order valence-electron chi connectivity index (χ4n) is 6.34. The first-order valence-corrected chi connectivity index (χ1v) is 12.5. The van der Waals surface area contributed by atoms with E-state index in [2.05, 4.69) is 113 Å². The molecule has 0 atom stereocenters. The Balaban J connectivity index is 1.77. The Hall–Kier alpha value is -4.30. The van der Waals surface area contributed by atoms with E-state index in [0.29, 0.717) is 0 Å². The van der Waals surface area contributed by atoms with Gasteiger partial charge in [0.15, 0.2) is 0 Å². The molecular weight excluding hydrogens is 424 g/mol. The molecule has 8 aromatic rings. The number of rotatable bonds is 3. The summed E-state index contributed by atoms with van der Waals surface area (Å²) in [5, 5.41) is 7.94. The van der Waals surface area contributed by atoms with Crippen molar-refractivity contribution in [1.29, 1.82) is 0 Å². The molecule has 35 heavy (non-hydrogen) atoms. The van der Waals surface area contributed by atoms with Crippen molar-refractivity contribution in [2.45, 2.75) is 19.8 Å². The number of fused-ring (bicyclic) bond motifs is 6. The number of H-pyrrole nitrogens is 1. The number of hydrogen-bond acceptors (Lipinski definition) is 0. The van der Waals surface area contributed by atoms with Gasteiger partial charge in [0.25, 0.3) is 0 Å². The standard InChI is InChI=1S/C33H24N2/c1-2-10-20-17-25-22-13-6-8-15-28(22)35-29-16-9-7-14-23(29)26-19-24(21-11-4-3-5-12-21)32-31(33(26)35)30(25)27(18-20)34-32/h3-9,11-19,34H,2,10H2,1H3. The summed E-state index contributed by atoms with van der Waals surface area (Å²) in [5.74, 6) is 0. The topological polar surface area (TPSA) is 20.2 Å². The highest BCUT2D eigenvalue weighted by atomic mass is 14.9. The fourth-order valence-corrected chi connectivity index (χ4v) is 6.34. The molecule has 0 amide bonds. The van der Waals surface area contributed by atoms with E-state index in [1.165, 1.54) is 76.6 Å². The lowest BCUT2D eigenvalue weighted by atomic mass is 9.96. The number of nitrogens with one attached hydrogen (secondary N) is 1. The van der Waals surface area contributed by atoms with Crippen molar-refractivity contribution >= 4 is 59.9 Å². The van der Waals surface area contributed by atoms with Gasteiger partial charge in [-0.2, -0.15) is 0 Å². The SMILES string of the molecule is CCCc1cc2[nH]c3c(-c4ccccc4)cc4c5ccccc5n5c6ccccc6c(c1)c2c3c45. The summed E-state index contributed by atoms with van der Waals surface area (Å²) < 4.78 is 2.50. The van der Waals surface area contributed by atoms with E-state index in [1.807, 2.05) is 0 Å². The van der Waals surface area contributed by atoms with Crippen LogP contribution in [0.5, 0.6) is 0 Å². The Bertz CT molecular complexity index is 2050. The van der Waals surface area contributed by atoms with E-state index >= 15 is 0 Å². The number of para-hydroxylation sites is 2. The lowest BCUT2D eigenvalue weighted by Gasteiger charge is -2.07. The van der Waals surface area contributed by atoms with Gasteiger partial charge < -0.3 is 9.38 Å². The Kier molecular flexibility index (Phi) is 3.74. The second-order valence-electron chi connectivity index (χ2n) is 9.75. The maximum atomic E-state index is 3.90. The predicted octanol–water partition coefficient (Wildman–Crippen LogP) is 9.09. The summed E-state index contributed by atoms with van der Waals surface area (Å²) >= 11 is 0. The highest BCUT2D eigenvalue weighted by Crippen LogP contribution is 2.46.